The van der Waals surface area contributed by atoms with Crippen molar-refractivity contribution in [1.82, 2.24) is 4.98 Å². The first-order valence-electron chi connectivity index (χ1n) is 5.37. The van der Waals surface area contributed by atoms with Gasteiger partial charge >= 0.3 is 0 Å². The summed E-state index contributed by atoms with van der Waals surface area (Å²) in [6.45, 7) is 0. The lowest BCUT2D eigenvalue weighted by Gasteiger charge is -2.12. The second kappa shape index (κ2) is 5.54. The lowest BCUT2D eigenvalue weighted by Crippen LogP contribution is -2.15. The molecular weight excluding hydrogens is 302 g/mol. The summed E-state index contributed by atoms with van der Waals surface area (Å²) in [5.41, 5.74) is 6.95. The largest absolute Gasteiger partial charge is 0.324 e. The van der Waals surface area contributed by atoms with Crippen LogP contribution in [0.5, 0.6) is 0 Å². The van der Waals surface area contributed by atoms with Crippen molar-refractivity contribution in [2.24, 2.45) is 5.73 Å². The summed E-state index contributed by atoms with van der Waals surface area (Å²) < 4.78 is 27.2. The SMILES string of the molecule is NC(Cc1ccc(Br)cn1)c1ccc(F)cc1F. The summed E-state index contributed by atoms with van der Waals surface area (Å²) in [5, 5.41) is 0. The number of nitrogens with zero attached hydrogens (tertiary/aromatic N) is 1. The van der Waals surface area contributed by atoms with Gasteiger partial charge in [0.2, 0.25) is 0 Å². The number of benzene rings is 1. The van der Waals surface area contributed by atoms with E-state index in [2.05, 4.69) is 20.9 Å². The Labute approximate surface area is 112 Å². The van der Waals surface area contributed by atoms with Crippen LogP contribution in [-0.2, 0) is 6.42 Å². The fourth-order valence-corrected chi connectivity index (χ4v) is 1.90. The van der Waals surface area contributed by atoms with Crippen molar-refractivity contribution in [3.8, 4) is 0 Å². The maximum Gasteiger partial charge on any atom is 0.130 e. The van der Waals surface area contributed by atoms with Crippen molar-refractivity contribution in [2.45, 2.75) is 12.5 Å². The maximum absolute atomic E-state index is 13.5. The summed E-state index contributed by atoms with van der Waals surface area (Å²) in [5.74, 6) is -1.23. The minimum Gasteiger partial charge on any atom is -0.324 e. The Hall–Kier alpha value is -1.33. The molecule has 1 atom stereocenters. The first kappa shape index (κ1) is 13.1. The first-order chi connectivity index (χ1) is 8.56. The molecule has 1 aromatic heterocycles. The van der Waals surface area contributed by atoms with E-state index in [-0.39, 0.29) is 0 Å². The van der Waals surface area contributed by atoms with Gasteiger partial charge in [-0.25, -0.2) is 8.78 Å². The van der Waals surface area contributed by atoms with Gasteiger partial charge in [0, 0.05) is 40.5 Å². The number of hydrogen-bond acceptors (Lipinski definition) is 2. The quantitative estimate of drug-likeness (QED) is 0.943. The highest BCUT2D eigenvalue weighted by molar-refractivity contribution is 9.10. The third kappa shape index (κ3) is 3.11. The van der Waals surface area contributed by atoms with Crippen LogP contribution in [0.25, 0.3) is 0 Å². The molecule has 0 aliphatic rings. The highest BCUT2D eigenvalue weighted by atomic mass is 79.9. The minimum absolute atomic E-state index is 0.293. The standard InChI is InChI=1S/C13H11BrF2N2/c14-8-1-3-10(18-7-8)6-13(17)11-4-2-9(15)5-12(11)16/h1-5,7,13H,6,17H2. The molecule has 5 heteroatoms. The van der Waals surface area contributed by atoms with E-state index in [1.165, 1.54) is 12.1 Å². The van der Waals surface area contributed by atoms with Gasteiger partial charge in [0.15, 0.2) is 0 Å². The molecule has 2 N–H and O–H groups in total. The topological polar surface area (TPSA) is 38.9 Å². The maximum atomic E-state index is 13.5. The molecule has 1 heterocycles. The summed E-state index contributed by atoms with van der Waals surface area (Å²) in [6.07, 6.45) is 2.05. The predicted molar refractivity (Wildman–Crippen MR) is 68.9 cm³/mol. The van der Waals surface area contributed by atoms with Crippen molar-refractivity contribution in [1.29, 1.82) is 0 Å². The normalized spacial score (nSPS) is 12.4. The third-order valence-corrected chi connectivity index (χ3v) is 3.05. The molecule has 0 saturated carbocycles. The highest BCUT2D eigenvalue weighted by Crippen LogP contribution is 2.20. The number of pyridine rings is 1. The van der Waals surface area contributed by atoms with Gasteiger partial charge in [0.25, 0.3) is 0 Å². The molecule has 0 spiro atoms. The summed E-state index contributed by atoms with van der Waals surface area (Å²) in [6, 6.07) is 6.52. The number of hydrogen-bond donors (Lipinski definition) is 1. The first-order valence-corrected chi connectivity index (χ1v) is 6.16. The molecule has 2 rings (SSSR count). The van der Waals surface area contributed by atoms with Crippen LogP contribution in [-0.4, -0.2) is 4.98 Å². The van der Waals surface area contributed by atoms with Crippen molar-refractivity contribution in [2.75, 3.05) is 0 Å². The Balaban J connectivity index is 2.16. The summed E-state index contributed by atoms with van der Waals surface area (Å²) in [4.78, 5) is 4.17. The van der Waals surface area contributed by atoms with Crippen molar-refractivity contribution >= 4 is 15.9 Å². The van der Waals surface area contributed by atoms with Gasteiger partial charge in [-0.1, -0.05) is 6.07 Å². The molecule has 0 saturated heterocycles. The zero-order valence-corrected chi connectivity index (χ0v) is 11.0. The van der Waals surface area contributed by atoms with Gasteiger partial charge in [-0.05, 0) is 34.1 Å². The van der Waals surface area contributed by atoms with E-state index in [0.29, 0.717) is 12.0 Å². The van der Waals surface area contributed by atoms with Crippen LogP contribution in [0.3, 0.4) is 0 Å². The Morgan fingerprint density at radius 1 is 1.22 bits per heavy atom. The third-order valence-electron chi connectivity index (χ3n) is 2.58. The van der Waals surface area contributed by atoms with Crippen LogP contribution >= 0.6 is 15.9 Å². The molecule has 2 nitrogen and oxygen atoms in total. The van der Waals surface area contributed by atoms with Crippen LogP contribution < -0.4 is 5.73 Å². The second-order valence-corrected chi connectivity index (χ2v) is 4.86. The average molecular weight is 313 g/mol. The van der Waals surface area contributed by atoms with E-state index in [4.69, 9.17) is 5.73 Å². The van der Waals surface area contributed by atoms with Gasteiger partial charge in [0.1, 0.15) is 11.6 Å². The zero-order chi connectivity index (χ0) is 13.1. The minimum atomic E-state index is -0.625. The molecule has 0 aliphatic heterocycles. The van der Waals surface area contributed by atoms with Gasteiger partial charge in [-0.3, -0.25) is 4.98 Å². The number of nitrogens with two attached hydrogens (primary N) is 1. The van der Waals surface area contributed by atoms with Gasteiger partial charge < -0.3 is 5.73 Å². The average Bonchev–Trinajstić information content (AvgIpc) is 2.32. The summed E-state index contributed by atoms with van der Waals surface area (Å²) in [7, 11) is 0. The number of aromatic nitrogens is 1. The van der Waals surface area contributed by atoms with E-state index in [0.717, 1.165) is 16.2 Å². The van der Waals surface area contributed by atoms with Crippen molar-refractivity contribution in [3.05, 3.63) is 63.9 Å². The summed E-state index contributed by atoms with van der Waals surface area (Å²) >= 11 is 3.28. The Bertz CT molecular complexity index is 543. The molecule has 1 unspecified atom stereocenters. The molecule has 1 aromatic carbocycles. The lowest BCUT2D eigenvalue weighted by molar-refractivity contribution is 0.552. The second-order valence-electron chi connectivity index (χ2n) is 3.94. The molecule has 0 fully saturated rings. The van der Waals surface area contributed by atoms with E-state index in [9.17, 15) is 8.78 Å². The van der Waals surface area contributed by atoms with Crippen LogP contribution in [0, 0.1) is 11.6 Å². The fraction of sp³-hybridized carbons (Fsp3) is 0.154. The number of rotatable bonds is 3. The Morgan fingerprint density at radius 2 is 2.00 bits per heavy atom. The van der Waals surface area contributed by atoms with Crippen LogP contribution in [0.15, 0.2) is 41.0 Å². The molecule has 0 amide bonds. The number of halogens is 3. The molecule has 0 aliphatic carbocycles. The molecule has 94 valence electrons. The van der Waals surface area contributed by atoms with Crippen LogP contribution in [0.2, 0.25) is 0 Å². The molecule has 2 aromatic rings. The molecule has 0 radical (unpaired) electrons. The molecular formula is C13H11BrF2N2. The highest BCUT2D eigenvalue weighted by Gasteiger charge is 2.13. The van der Waals surface area contributed by atoms with Crippen LogP contribution in [0.4, 0.5) is 8.78 Å². The van der Waals surface area contributed by atoms with Gasteiger partial charge in [-0.15, -0.1) is 0 Å². The van der Waals surface area contributed by atoms with Gasteiger partial charge in [0.05, 0.1) is 0 Å². The van der Waals surface area contributed by atoms with E-state index in [1.807, 2.05) is 12.1 Å². The van der Waals surface area contributed by atoms with Crippen molar-refractivity contribution in [3.63, 3.8) is 0 Å². The van der Waals surface area contributed by atoms with Crippen LogP contribution in [0.1, 0.15) is 17.3 Å². The van der Waals surface area contributed by atoms with E-state index < -0.39 is 17.7 Å². The Kier molecular flexibility index (Phi) is 4.04. The Morgan fingerprint density at radius 3 is 2.61 bits per heavy atom. The van der Waals surface area contributed by atoms with Gasteiger partial charge in [-0.2, -0.15) is 0 Å². The predicted octanol–water partition coefficient (Wildman–Crippen LogP) is 3.36. The smallest absolute Gasteiger partial charge is 0.130 e. The molecule has 0 bridgehead atoms. The lowest BCUT2D eigenvalue weighted by atomic mass is 10.0. The van der Waals surface area contributed by atoms with E-state index in [1.54, 1.807) is 6.20 Å². The molecule has 18 heavy (non-hydrogen) atoms. The van der Waals surface area contributed by atoms with E-state index >= 15 is 0 Å². The zero-order valence-electron chi connectivity index (χ0n) is 9.41. The van der Waals surface area contributed by atoms with Crippen molar-refractivity contribution < 1.29 is 8.78 Å². The monoisotopic (exact) mass is 312 g/mol. The fourth-order valence-electron chi connectivity index (χ4n) is 1.66.